The van der Waals surface area contributed by atoms with E-state index >= 15 is 0 Å². The van der Waals surface area contributed by atoms with E-state index in [1.807, 2.05) is 58.0 Å². The van der Waals surface area contributed by atoms with Crippen LogP contribution in [-0.2, 0) is 19.1 Å². The van der Waals surface area contributed by atoms with Crippen LogP contribution < -0.4 is 16.4 Å². The first-order valence-electron chi connectivity index (χ1n) is 13.4. The molecule has 0 spiro atoms. The lowest BCUT2D eigenvalue weighted by atomic mass is 9.95. The van der Waals surface area contributed by atoms with Crippen molar-refractivity contribution in [2.45, 2.75) is 117 Å². The minimum atomic E-state index is -1.12. The molecule has 3 unspecified atom stereocenters. The molecule has 0 bridgehead atoms. The molecule has 0 aromatic heterocycles. The van der Waals surface area contributed by atoms with E-state index in [9.17, 15) is 19.2 Å². The number of nitrogens with two attached hydrogens (primary N) is 1. The molecule has 3 atom stereocenters. The Morgan fingerprint density at radius 1 is 0.921 bits per heavy atom. The molecule has 214 valence electrons. The number of amides is 4. The predicted molar refractivity (Wildman–Crippen MR) is 149 cm³/mol. The number of nitrogens with one attached hydrogen (secondary N) is 2. The van der Waals surface area contributed by atoms with Crippen LogP contribution in [0.5, 0.6) is 0 Å². The van der Waals surface area contributed by atoms with Crippen LogP contribution in [0.25, 0.3) is 0 Å². The van der Waals surface area contributed by atoms with Crippen molar-refractivity contribution >= 4 is 23.8 Å². The van der Waals surface area contributed by atoms with Crippen LogP contribution in [0.15, 0.2) is 30.3 Å². The number of primary amides is 1. The second kappa shape index (κ2) is 14.2. The van der Waals surface area contributed by atoms with Crippen LogP contribution in [0.4, 0.5) is 4.79 Å². The molecule has 0 saturated heterocycles. The fourth-order valence-corrected chi connectivity index (χ4v) is 4.00. The number of hydrogen-bond acceptors (Lipinski definition) is 5. The smallest absolute Gasteiger partial charge is 0.408 e. The highest BCUT2D eigenvalue weighted by molar-refractivity contribution is 5.93. The molecule has 1 rings (SSSR count). The lowest BCUT2D eigenvalue weighted by Gasteiger charge is -2.39. The summed E-state index contributed by atoms with van der Waals surface area (Å²) >= 11 is 0. The van der Waals surface area contributed by atoms with E-state index in [2.05, 4.69) is 24.5 Å². The number of carbonyl (C=O) groups is 4. The third-order valence-electron chi connectivity index (χ3n) is 5.70. The molecular formula is C29H48N4O5. The molecule has 9 heteroatoms. The standard InChI is InChI=1S/C29H48N4O5/c1-19(2)15-16-20(3)33(24(21-13-11-10-12-14-21)25(35)32-28(4,5)6)26(36)22(17-18-23(30)34)31-27(37)38-29(7,8)9/h10-14,19-20,22,24H,15-18H2,1-9H3,(H2,30,34)(H,31,37)(H,32,35). The van der Waals surface area contributed by atoms with Gasteiger partial charge in [0.2, 0.25) is 17.7 Å². The lowest BCUT2D eigenvalue weighted by Crippen LogP contribution is -2.57. The van der Waals surface area contributed by atoms with Crippen molar-refractivity contribution in [3.63, 3.8) is 0 Å². The zero-order valence-electron chi connectivity index (χ0n) is 24.6. The summed E-state index contributed by atoms with van der Waals surface area (Å²) in [6, 6.07) is 6.67. The summed E-state index contributed by atoms with van der Waals surface area (Å²) in [5.41, 5.74) is 4.70. The van der Waals surface area contributed by atoms with Gasteiger partial charge >= 0.3 is 6.09 Å². The van der Waals surface area contributed by atoms with Gasteiger partial charge in [0.15, 0.2) is 0 Å². The first-order valence-corrected chi connectivity index (χ1v) is 13.4. The Kier molecular flexibility index (Phi) is 12.3. The molecule has 4 N–H and O–H groups in total. The van der Waals surface area contributed by atoms with Gasteiger partial charge in [-0.1, -0.05) is 44.2 Å². The Labute approximate surface area is 228 Å². The Morgan fingerprint density at radius 2 is 1.50 bits per heavy atom. The van der Waals surface area contributed by atoms with Crippen molar-refractivity contribution in [3.8, 4) is 0 Å². The SMILES string of the molecule is CC(C)CCC(C)N(C(=O)C(CCC(N)=O)NC(=O)OC(C)(C)C)C(C(=O)NC(C)(C)C)c1ccccc1. The van der Waals surface area contributed by atoms with Gasteiger partial charge in [-0.3, -0.25) is 14.4 Å². The zero-order chi connectivity index (χ0) is 29.3. The van der Waals surface area contributed by atoms with Gasteiger partial charge in [-0.05, 0) is 79.2 Å². The van der Waals surface area contributed by atoms with Crippen LogP contribution in [0, 0.1) is 5.92 Å². The van der Waals surface area contributed by atoms with Crippen LogP contribution in [0.3, 0.4) is 0 Å². The van der Waals surface area contributed by atoms with Crippen LogP contribution >= 0.6 is 0 Å². The van der Waals surface area contributed by atoms with E-state index in [1.165, 1.54) is 0 Å². The van der Waals surface area contributed by atoms with Crippen molar-refractivity contribution in [1.29, 1.82) is 0 Å². The molecule has 1 aromatic carbocycles. The number of alkyl carbamates (subject to hydrolysis) is 1. The van der Waals surface area contributed by atoms with Gasteiger partial charge in [0.25, 0.3) is 0 Å². The second-order valence-electron chi connectivity index (χ2n) is 12.3. The molecule has 0 heterocycles. The summed E-state index contributed by atoms with van der Waals surface area (Å²) in [7, 11) is 0. The number of hydrogen-bond donors (Lipinski definition) is 3. The number of nitrogens with zero attached hydrogens (tertiary/aromatic N) is 1. The molecule has 0 radical (unpaired) electrons. The topological polar surface area (TPSA) is 131 Å². The van der Waals surface area contributed by atoms with Gasteiger partial charge in [0, 0.05) is 18.0 Å². The average molecular weight is 533 g/mol. The van der Waals surface area contributed by atoms with Gasteiger partial charge in [-0.2, -0.15) is 0 Å². The van der Waals surface area contributed by atoms with Gasteiger partial charge in [0.05, 0.1) is 0 Å². The predicted octanol–water partition coefficient (Wildman–Crippen LogP) is 4.45. The summed E-state index contributed by atoms with van der Waals surface area (Å²) in [6.45, 7) is 16.9. The number of rotatable bonds is 12. The van der Waals surface area contributed by atoms with Crippen molar-refractivity contribution in [2.24, 2.45) is 11.7 Å². The molecule has 1 aromatic rings. The Balaban J connectivity index is 3.60. The molecule has 0 aliphatic rings. The normalized spacial score (nSPS) is 14.3. The van der Waals surface area contributed by atoms with Gasteiger partial charge in [-0.15, -0.1) is 0 Å². The Bertz CT molecular complexity index is 935. The maximum atomic E-state index is 14.3. The van der Waals surface area contributed by atoms with Crippen molar-refractivity contribution < 1.29 is 23.9 Å². The number of ether oxygens (including phenoxy) is 1. The van der Waals surface area contributed by atoms with Crippen LogP contribution in [0.2, 0.25) is 0 Å². The third kappa shape index (κ3) is 12.0. The van der Waals surface area contributed by atoms with Crippen molar-refractivity contribution in [2.75, 3.05) is 0 Å². The highest BCUT2D eigenvalue weighted by Crippen LogP contribution is 2.28. The fraction of sp³-hybridized carbons (Fsp3) is 0.655. The summed E-state index contributed by atoms with van der Waals surface area (Å²) in [5.74, 6) is -1.03. The van der Waals surface area contributed by atoms with Gasteiger partial charge in [0.1, 0.15) is 17.7 Å². The largest absolute Gasteiger partial charge is 0.444 e. The molecule has 38 heavy (non-hydrogen) atoms. The van der Waals surface area contributed by atoms with E-state index in [1.54, 1.807) is 25.7 Å². The quantitative estimate of drug-likeness (QED) is 0.366. The summed E-state index contributed by atoms with van der Waals surface area (Å²) in [5, 5.41) is 5.65. The van der Waals surface area contributed by atoms with E-state index < -0.39 is 41.1 Å². The molecule has 0 saturated carbocycles. The second-order valence-corrected chi connectivity index (χ2v) is 12.3. The highest BCUT2D eigenvalue weighted by atomic mass is 16.6. The summed E-state index contributed by atoms with van der Waals surface area (Å²) in [4.78, 5) is 53.9. The molecule has 0 aliphatic heterocycles. The zero-order valence-corrected chi connectivity index (χ0v) is 24.6. The third-order valence-corrected chi connectivity index (χ3v) is 5.70. The maximum absolute atomic E-state index is 14.3. The lowest BCUT2D eigenvalue weighted by molar-refractivity contribution is -0.146. The van der Waals surface area contributed by atoms with Gasteiger partial charge in [-0.25, -0.2) is 4.79 Å². The first kappa shape index (κ1) is 32.9. The molecule has 0 fully saturated rings. The minimum Gasteiger partial charge on any atom is -0.444 e. The van der Waals surface area contributed by atoms with Crippen LogP contribution in [-0.4, -0.2) is 51.9 Å². The van der Waals surface area contributed by atoms with E-state index in [0.717, 1.165) is 6.42 Å². The molecule has 0 aliphatic carbocycles. The van der Waals surface area contributed by atoms with E-state index in [0.29, 0.717) is 17.9 Å². The van der Waals surface area contributed by atoms with Crippen molar-refractivity contribution in [1.82, 2.24) is 15.5 Å². The highest BCUT2D eigenvalue weighted by Gasteiger charge is 2.39. The molecular weight excluding hydrogens is 484 g/mol. The minimum absolute atomic E-state index is 0.0246. The summed E-state index contributed by atoms with van der Waals surface area (Å²) < 4.78 is 5.39. The monoisotopic (exact) mass is 532 g/mol. The first-order chi connectivity index (χ1) is 17.4. The van der Waals surface area contributed by atoms with Crippen LogP contribution in [0.1, 0.15) is 99.6 Å². The number of carbonyl (C=O) groups excluding carboxylic acids is 4. The van der Waals surface area contributed by atoms with E-state index in [4.69, 9.17) is 10.5 Å². The van der Waals surface area contributed by atoms with E-state index in [-0.39, 0.29) is 24.8 Å². The molecule has 9 nitrogen and oxygen atoms in total. The number of benzene rings is 1. The Hall–Kier alpha value is -3.10. The average Bonchev–Trinajstić information content (AvgIpc) is 2.76. The summed E-state index contributed by atoms with van der Waals surface area (Å²) in [6.07, 6.45) is 0.544. The van der Waals surface area contributed by atoms with Gasteiger partial charge < -0.3 is 26.0 Å². The Morgan fingerprint density at radius 3 is 1.97 bits per heavy atom. The maximum Gasteiger partial charge on any atom is 0.408 e. The fourth-order valence-electron chi connectivity index (χ4n) is 4.00. The van der Waals surface area contributed by atoms with Crippen molar-refractivity contribution in [3.05, 3.63) is 35.9 Å². The molecule has 4 amide bonds.